The molecule has 102 valence electrons. The van der Waals surface area contributed by atoms with Crippen LogP contribution in [-0.2, 0) is 11.3 Å². The molecule has 4 nitrogen and oxygen atoms in total. The summed E-state index contributed by atoms with van der Waals surface area (Å²) in [6.07, 6.45) is 1.92. The van der Waals surface area contributed by atoms with Crippen molar-refractivity contribution >= 4 is 23.1 Å². The van der Waals surface area contributed by atoms with Crippen LogP contribution >= 0.6 is 12.2 Å². The zero-order valence-electron chi connectivity index (χ0n) is 10.8. The minimum atomic E-state index is -0.193. The zero-order valence-corrected chi connectivity index (χ0v) is 11.7. The van der Waals surface area contributed by atoms with Crippen LogP contribution in [0.1, 0.15) is 24.0 Å². The van der Waals surface area contributed by atoms with Crippen molar-refractivity contribution in [3.63, 3.8) is 0 Å². The van der Waals surface area contributed by atoms with Gasteiger partial charge >= 0.3 is 0 Å². The summed E-state index contributed by atoms with van der Waals surface area (Å²) in [5.41, 5.74) is 13.1. The first-order valence-corrected chi connectivity index (χ1v) is 6.87. The van der Waals surface area contributed by atoms with E-state index in [-0.39, 0.29) is 11.8 Å². The van der Waals surface area contributed by atoms with Gasteiger partial charge < -0.3 is 11.5 Å². The quantitative estimate of drug-likeness (QED) is 0.806. The number of rotatable bonds is 4. The molecular formula is C14H19N3OS. The van der Waals surface area contributed by atoms with Crippen molar-refractivity contribution in [1.82, 2.24) is 4.90 Å². The molecule has 0 aliphatic carbocycles. The van der Waals surface area contributed by atoms with Crippen molar-refractivity contribution in [2.24, 2.45) is 17.4 Å². The highest BCUT2D eigenvalue weighted by Crippen LogP contribution is 2.18. The third kappa shape index (κ3) is 3.75. The summed E-state index contributed by atoms with van der Waals surface area (Å²) in [5, 5.41) is 0. The van der Waals surface area contributed by atoms with E-state index in [1.54, 1.807) is 0 Å². The van der Waals surface area contributed by atoms with Crippen molar-refractivity contribution in [2.75, 3.05) is 13.1 Å². The van der Waals surface area contributed by atoms with E-state index in [0.717, 1.165) is 43.6 Å². The topological polar surface area (TPSA) is 72.4 Å². The lowest BCUT2D eigenvalue weighted by Crippen LogP contribution is -2.40. The molecule has 2 rings (SSSR count). The summed E-state index contributed by atoms with van der Waals surface area (Å²) < 4.78 is 0. The molecule has 4 N–H and O–H groups in total. The number of piperidine rings is 1. The molecule has 1 aliphatic rings. The molecule has 0 spiro atoms. The second kappa shape index (κ2) is 6.12. The van der Waals surface area contributed by atoms with Gasteiger partial charge in [-0.3, -0.25) is 9.69 Å². The average molecular weight is 277 g/mol. The van der Waals surface area contributed by atoms with Crippen LogP contribution < -0.4 is 11.5 Å². The lowest BCUT2D eigenvalue weighted by Gasteiger charge is -2.31. The van der Waals surface area contributed by atoms with Gasteiger partial charge in [-0.2, -0.15) is 0 Å². The largest absolute Gasteiger partial charge is 0.389 e. The molecule has 0 aromatic heterocycles. The van der Waals surface area contributed by atoms with Crippen LogP contribution in [-0.4, -0.2) is 28.9 Å². The van der Waals surface area contributed by atoms with E-state index >= 15 is 0 Å². The Morgan fingerprint density at radius 2 is 2.21 bits per heavy atom. The monoisotopic (exact) mass is 277 g/mol. The van der Waals surface area contributed by atoms with E-state index in [4.69, 9.17) is 23.7 Å². The molecule has 1 unspecified atom stereocenters. The number of benzene rings is 1. The number of nitrogens with two attached hydrogens (primary N) is 2. The van der Waals surface area contributed by atoms with Gasteiger partial charge in [-0.05, 0) is 31.0 Å². The first-order chi connectivity index (χ1) is 9.06. The molecule has 0 radical (unpaired) electrons. The molecule has 1 aromatic carbocycles. The SMILES string of the molecule is NC(=O)C1CCCN(Cc2cccc(C(N)=S)c2)C1. The molecule has 19 heavy (non-hydrogen) atoms. The predicted molar refractivity (Wildman–Crippen MR) is 79.5 cm³/mol. The molecule has 5 heteroatoms. The summed E-state index contributed by atoms with van der Waals surface area (Å²) in [7, 11) is 0. The number of amides is 1. The smallest absolute Gasteiger partial charge is 0.221 e. The summed E-state index contributed by atoms with van der Waals surface area (Å²) in [6, 6.07) is 7.93. The Morgan fingerprint density at radius 1 is 1.42 bits per heavy atom. The summed E-state index contributed by atoms with van der Waals surface area (Å²) in [5.74, 6) is -0.214. The van der Waals surface area contributed by atoms with Crippen molar-refractivity contribution in [1.29, 1.82) is 0 Å². The summed E-state index contributed by atoms with van der Waals surface area (Å²) in [6.45, 7) is 2.55. The van der Waals surface area contributed by atoms with Gasteiger partial charge in [0.05, 0.1) is 5.92 Å². The van der Waals surface area contributed by atoms with E-state index in [1.165, 1.54) is 0 Å². The third-order valence-corrected chi connectivity index (χ3v) is 3.76. The number of carbonyl (C=O) groups excluding carboxylic acids is 1. The van der Waals surface area contributed by atoms with E-state index in [1.807, 2.05) is 18.2 Å². The molecule has 1 fully saturated rings. The van der Waals surface area contributed by atoms with E-state index < -0.39 is 0 Å². The van der Waals surface area contributed by atoms with Crippen LogP contribution in [0.2, 0.25) is 0 Å². The van der Waals surface area contributed by atoms with Gasteiger partial charge in [0.2, 0.25) is 5.91 Å². The second-order valence-corrected chi connectivity index (χ2v) is 5.48. The van der Waals surface area contributed by atoms with Crippen molar-refractivity contribution < 1.29 is 4.79 Å². The molecule has 0 bridgehead atoms. The summed E-state index contributed by atoms with van der Waals surface area (Å²) in [4.78, 5) is 13.9. The van der Waals surface area contributed by atoms with E-state index in [2.05, 4.69) is 11.0 Å². The average Bonchev–Trinajstić information content (AvgIpc) is 2.39. The fourth-order valence-corrected chi connectivity index (χ4v) is 2.64. The molecule has 1 aromatic rings. The highest BCUT2D eigenvalue weighted by Gasteiger charge is 2.23. The first-order valence-electron chi connectivity index (χ1n) is 6.46. The predicted octanol–water partition coefficient (Wildman–Crippen LogP) is 1.02. The minimum absolute atomic E-state index is 0.0208. The Balaban J connectivity index is 2.02. The maximum atomic E-state index is 11.3. The summed E-state index contributed by atoms with van der Waals surface area (Å²) >= 11 is 4.98. The van der Waals surface area contributed by atoms with E-state index in [9.17, 15) is 4.79 Å². The molecule has 1 aliphatic heterocycles. The zero-order chi connectivity index (χ0) is 13.8. The number of carbonyl (C=O) groups is 1. The van der Waals surface area contributed by atoms with Crippen LogP contribution in [0.3, 0.4) is 0 Å². The molecule has 1 atom stereocenters. The Kier molecular flexibility index (Phi) is 4.50. The van der Waals surface area contributed by atoms with Gasteiger partial charge in [0, 0.05) is 18.7 Å². The molecule has 1 saturated heterocycles. The third-order valence-electron chi connectivity index (χ3n) is 3.53. The maximum absolute atomic E-state index is 11.3. The maximum Gasteiger partial charge on any atom is 0.221 e. The highest BCUT2D eigenvalue weighted by atomic mass is 32.1. The van der Waals surface area contributed by atoms with Gasteiger partial charge in [-0.25, -0.2) is 0 Å². The van der Waals surface area contributed by atoms with Crippen molar-refractivity contribution in [3.05, 3.63) is 35.4 Å². The molecule has 0 saturated carbocycles. The normalized spacial score (nSPS) is 20.1. The standard InChI is InChI=1S/C14H19N3OS/c15-13(18)12-5-2-6-17(9-12)8-10-3-1-4-11(7-10)14(16)19/h1,3-4,7,12H,2,5-6,8-9H2,(H2,15,18)(H2,16,19). The lowest BCUT2D eigenvalue weighted by molar-refractivity contribution is -0.123. The van der Waals surface area contributed by atoms with Gasteiger partial charge in [0.25, 0.3) is 0 Å². The number of primary amides is 1. The van der Waals surface area contributed by atoms with E-state index in [0.29, 0.717) is 4.99 Å². The number of hydrogen-bond donors (Lipinski definition) is 2. The fraction of sp³-hybridized carbons (Fsp3) is 0.429. The number of hydrogen-bond acceptors (Lipinski definition) is 3. The van der Waals surface area contributed by atoms with Gasteiger partial charge in [-0.1, -0.05) is 30.4 Å². The number of likely N-dealkylation sites (tertiary alicyclic amines) is 1. The number of thiocarbonyl (C=S) groups is 1. The Bertz CT molecular complexity index is 489. The van der Waals surface area contributed by atoms with Gasteiger partial charge in [0.15, 0.2) is 0 Å². The molecule has 1 heterocycles. The Hall–Kier alpha value is -1.46. The second-order valence-electron chi connectivity index (χ2n) is 5.04. The highest BCUT2D eigenvalue weighted by molar-refractivity contribution is 7.80. The van der Waals surface area contributed by atoms with Crippen LogP contribution in [0.5, 0.6) is 0 Å². The molecular weight excluding hydrogens is 258 g/mol. The lowest BCUT2D eigenvalue weighted by atomic mass is 9.97. The number of nitrogens with zero attached hydrogens (tertiary/aromatic N) is 1. The Morgan fingerprint density at radius 3 is 2.89 bits per heavy atom. The fourth-order valence-electron chi connectivity index (χ4n) is 2.51. The van der Waals surface area contributed by atoms with Crippen LogP contribution in [0.25, 0.3) is 0 Å². The first kappa shape index (κ1) is 14.0. The van der Waals surface area contributed by atoms with Gasteiger partial charge in [0.1, 0.15) is 4.99 Å². The molecule has 1 amide bonds. The van der Waals surface area contributed by atoms with Crippen LogP contribution in [0, 0.1) is 5.92 Å². The van der Waals surface area contributed by atoms with Crippen LogP contribution in [0.4, 0.5) is 0 Å². The minimum Gasteiger partial charge on any atom is -0.389 e. The Labute approximate surface area is 118 Å². The van der Waals surface area contributed by atoms with Crippen LogP contribution in [0.15, 0.2) is 24.3 Å². The van der Waals surface area contributed by atoms with Crippen molar-refractivity contribution in [2.45, 2.75) is 19.4 Å². The van der Waals surface area contributed by atoms with Gasteiger partial charge in [-0.15, -0.1) is 0 Å². The van der Waals surface area contributed by atoms with Crippen molar-refractivity contribution in [3.8, 4) is 0 Å².